The van der Waals surface area contributed by atoms with Crippen LogP contribution in [0.2, 0.25) is 10.0 Å². The number of carbonyl (C=O) groups excluding carboxylic acids is 2. The van der Waals surface area contributed by atoms with Crippen molar-refractivity contribution in [2.24, 2.45) is 5.92 Å². The van der Waals surface area contributed by atoms with Crippen molar-refractivity contribution in [2.75, 3.05) is 37.7 Å². The Labute approximate surface area is 291 Å². The summed E-state index contributed by atoms with van der Waals surface area (Å²) in [5, 5.41) is 23.8. The van der Waals surface area contributed by atoms with Crippen LogP contribution in [0.25, 0.3) is 11.1 Å². The summed E-state index contributed by atoms with van der Waals surface area (Å²) < 4.78 is 13.1. The first-order valence-electron chi connectivity index (χ1n) is 15.5. The van der Waals surface area contributed by atoms with E-state index in [1.165, 1.54) is 18.2 Å². The van der Waals surface area contributed by atoms with Crippen LogP contribution in [0, 0.1) is 12.8 Å². The van der Waals surface area contributed by atoms with Gasteiger partial charge in [0.05, 0.1) is 18.4 Å². The number of benzene rings is 3. The predicted octanol–water partition coefficient (Wildman–Crippen LogP) is 5.96. The third kappa shape index (κ3) is 7.50. The molecular formula is C35H32Cl2N4O8. The van der Waals surface area contributed by atoms with Crippen LogP contribution in [0.4, 0.5) is 10.5 Å². The van der Waals surface area contributed by atoms with Gasteiger partial charge >= 0.3 is 18.0 Å². The number of nitrogens with zero attached hydrogens (tertiary/aromatic N) is 4. The van der Waals surface area contributed by atoms with Gasteiger partial charge in [0.1, 0.15) is 32.1 Å². The summed E-state index contributed by atoms with van der Waals surface area (Å²) in [6.45, 7) is 1.35. The minimum atomic E-state index is -1.33. The van der Waals surface area contributed by atoms with Crippen LogP contribution in [0.5, 0.6) is 5.75 Å². The smallest absolute Gasteiger partial charge is 0.414 e. The van der Waals surface area contributed by atoms with Gasteiger partial charge in [0.2, 0.25) is 0 Å². The maximum absolute atomic E-state index is 13.3. The molecule has 0 bridgehead atoms. The van der Waals surface area contributed by atoms with Gasteiger partial charge < -0.3 is 24.6 Å². The maximum atomic E-state index is 13.3. The molecule has 49 heavy (non-hydrogen) atoms. The molecule has 4 aromatic rings. The standard InChI is InChI=1S/C35H32Cl2N4O8/c1-20-27(36)5-3-7-30(20)48-10-11-49-35(47)41-17-22-13-26(22)33-25(4-2-6-29(33)41)24-14-38-40(16-24)15-23-12-21(8-9-28(23)37)34(46)39(18-31(42)43)19-32(44)45/h2-9,12,14,16,22,26H,10-11,13,15,17-19H2,1H3,(H,42,43)(H,44,45)/t22-,26-/m0/s1. The molecule has 0 saturated heterocycles. The van der Waals surface area contributed by atoms with Crippen molar-refractivity contribution in [3.63, 3.8) is 0 Å². The van der Waals surface area contributed by atoms with Crippen LogP contribution < -0.4 is 9.64 Å². The Morgan fingerprint density at radius 2 is 1.73 bits per heavy atom. The van der Waals surface area contributed by atoms with E-state index >= 15 is 0 Å². The first-order valence-corrected chi connectivity index (χ1v) is 16.2. The molecule has 2 N–H and O–H groups in total. The molecule has 2 amide bonds. The third-order valence-electron chi connectivity index (χ3n) is 8.60. The summed E-state index contributed by atoms with van der Waals surface area (Å²) in [4.78, 5) is 51.2. The van der Waals surface area contributed by atoms with Crippen LogP contribution >= 0.6 is 23.2 Å². The van der Waals surface area contributed by atoms with E-state index in [9.17, 15) is 19.2 Å². The fourth-order valence-electron chi connectivity index (χ4n) is 6.14. The molecule has 1 saturated carbocycles. The van der Waals surface area contributed by atoms with E-state index in [4.69, 9.17) is 42.9 Å². The molecule has 254 valence electrons. The largest absolute Gasteiger partial charge is 0.490 e. The van der Waals surface area contributed by atoms with E-state index in [1.807, 2.05) is 37.4 Å². The number of ether oxygens (including phenoxy) is 2. The van der Waals surface area contributed by atoms with E-state index in [2.05, 4.69) is 5.10 Å². The number of carboxylic acid groups (broad SMARTS) is 2. The van der Waals surface area contributed by atoms with Crippen molar-refractivity contribution < 1.29 is 38.9 Å². The molecule has 0 spiro atoms. The van der Waals surface area contributed by atoms with Crippen molar-refractivity contribution >= 4 is 52.8 Å². The quantitative estimate of drug-likeness (QED) is 0.170. The van der Waals surface area contributed by atoms with E-state index in [0.717, 1.165) is 39.3 Å². The van der Waals surface area contributed by atoms with E-state index < -0.39 is 37.0 Å². The highest BCUT2D eigenvalue weighted by Gasteiger charge is 2.48. The maximum Gasteiger partial charge on any atom is 0.414 e. The van der Waals surface area contributed by atoms with Gasteiger partial charge in [0.25, 0.3) is 5.91 Å². The summed E-state index contributed by atoms with van der Waals surface area (Å²) in [6, 6.07) is 15.7. The van der Waals surface area contributed by atoms with Gasteiger partial charge in [0, 0.05) is 39.5 Å². The zero-order chi connectivity index (χ0) is 34.8. The van der Waals surface area contributed by atoms with Crippen molar-refractivity contribution in [3.8, 4) is 16.9 Å². The predicted molar refractivity (Wildman–Crippen MR) is 181 cm³/mol. The Morgan fingerprint density at radius 1 is 0.980 bits per heavy atom. The number of hydrogen-bond donors (Lipinski definition) is 2. The molecular weight excluding hydrogens is 675 g/mol. The highest BCUT2D eigenvalue weighted by atomic mass is 35.5. The van der Waals surface area contributed by atoms with Gasteiger partial charge in [-0.15, -0.1) is 0 Å². The van der Waals surface area contributed by atoms with Crippen molar-refractivity contribution in [2.45, 2.75) is 25.8 Å². The van der Waals surface area contributed by atoms with Crippen molar-refractivity contribution in [1.29, 1.82) is 0 Å². The van der Waals surface area contributed by atoms with Gasteiger partial charge in [-0.25, -0.2) is 4.79 Å². The molecule has 2 aliphatic rings. The molecule has 1 fully saturated rings. The molecule has 0 radical (unpaired) electrons. The number of aromatic nitrogens is 2. The molecule has 2 atom stereocenters. The van der Waals surface area contributed by atoms with Gasteiger partial charge in [-0.05, 0) is 78.3 Å². The highest BCUT2D eigenvalue weighted by Crippen LogP contribution is 2.57. The van der Waals surface area contributed by atoms with Gasteiger partial charge in [-0.1, -0.05) is 41.4 Å². The number of aliphatic carboxylic acids is 2. The van der Waals surface area contributed by atoms with Crippen LogP contribution in [-0.4, -0.2) is 81.7 Å². The van der Waals surface area contributed by atoms with Crippen molar-refractivity contribution in [3.05, 3.63) is 99.3 Å². The topological polar surface area (TPSA) is 152 Å². The lowest BCUT2D eigenvalue weighted by atomic mass is 9.93. The Hall–Kier alpha value is -5.07. The number of rotatable bonds is 12. The van der Waals surface area contributed by atoms with Crippen molar-refractivity contribution in [1.82, 2.24) is 14.7 Å². The molecule has 0 unspecified atom stereocenters. The average molecular weight is 708 g/mol. The van der Waals surface area contributed by atoms with Crippen LogP contribution in [0.1, 0.15) is 39.4 Å². The zero-order valence-corrected chi connectivity index (χ0v) is 27.9. The second-order valence-corrected chi connectivity index (χ2v) is 12.8. The lowest BCUT2D eigenvalue weighted by Crippen LogP contribution is -2.39. The molecule has 6 rings (SSSR count). The second kappa shape index (κ2) is 14.2. The molecule has 14 heteroatoms. The summed E-state index contributed by atoms with van der Waals surface area (Å²) in [5.74, 6) is -2.14. The zero-order valence-electron chi connectivity index (χ0n) is 26.3. The Morgan fingerprint density at radius 3 is 2.49 bits per heavy atom. The first kappa shape index (κ1) is 33.8. The van der Waals surface area contributed by atoms with Crippen LogP contribution in [0.15, 0.2) is 67.0 Å². The number of hydrogen-bond acceptors (Lipinski definition) is 7. The number of fused-ring (bicyclic) bond motifs is 3. The summed E-state index contributed by atoms with van der Waals surface area (Å²) in [6.07, 6.45) is 4.09. The molecule has 1 aromatic heterocycles. The first-order chi connectivity index (χ1) is 23.5. The third-order valence-corrected chi connectivity index (χ3v) is 9.38. The molecule has 1 aliphatic carbocycles. The van der Waals surface area contributed by atoms with E-state index in [-0.39, 0.29) is 25.3 Å². The monoisotopic (exact) mass is 706 g/mol. The van der Waals surface area contributed by atoms with Gasteiger partial charge in [-0.2, -0.15) is 5.10 Å². The van der Waals surface area contributed by atoms with E-state index in [0.29, 0.717) is 39.7 Å². The Balaban J connectivity index is 1.16. The molecule has 2 heterocycles. The minimum absolute atomic E-state index is 0.0731. The Bertz CT molecular complexity index is 1930. The fourth-order valence-corrected chi connectivity index (χ4v) is 6.49. The summed E-state index contributed by atoms with van der Waals surface area (Å²) in [5.41, 5.74) is 5.09. The average Bonchev–Trinajstić information content (AvgIpc) is 3.71. The van der Waals surface area contributed by atoms with E-state index in [1.54, 1.807) is 27.9 Å². The number of halogens is 2. The molecule has 1 aliphatic heterocycles. The van der Waals surface area contributed by atoms with Gasteiger partial charge in [0.15, 0.2) is 0 Å². The van der Waals surface area contributed by atoms with Crippen LogP contribution in [0.3, 0.4) is 0 Å². The van der Waals surface area contributed by atoms with Crippen LogP contribution in [-0.2, 0) is 20.9 Å². The second-order valence-electron chi connectivity index (χ2n) is 12.0. The van der Waals surface area contributed by atoms with Gasteiger partial charge in [-0.3, -0.25) is 24.0 Å². The number of anilines is 1. The SMILES string of the molecule is Cc1c(Cl)cccc1OCCOC(=O)N1C[C@@H]2C[C@@H]2c2c(-c3cnn(Cc4cc(C(=O)N(CC(=O)O)CC(=O)O)ccc4Cl)c3)cccc21. The minimum Gasteiger partial charge on any atom is -0.490 e. The lowest BCUT2D eigenvalue weighted by molar-refractivity contribution is -0.140. The molecule has 3 aromatic carbocycles. The fraction of sp³-hybridized carbons (Fsp3) is 0.286. The summed E-state index contributed by atoms with van der Waals surface area (Å²) in [7, 11) is 0. The molecule has 12 nitrogen and oxygen atoms in total. The lowest BCUT2D eigenvalue weighted by Gasteiger charge is -2.29. The number of carbonyl (C=O) groups is 4. The number of amides is 2. The highest BCUT2D eigenvalue weighted by molar-refractivity contribution is 6.31. The Kier molecular flexibility index (Phi) is 9.79. The normalized spacial score (nSPS) is 15.9. The summed E-state index contributed by atoms with van der Waals surface area (Å²) >= 11 is 12.6. The number of carboxylic acids is 2.